The van der Waals surface area contributed by atoms with Gasteiger partial charge in [-0.05, 0) is 13.3 Å². The average Bonchev–Trinajstić information content (AvgIpc) is 2.65. The smallest absolute Gasteiger partial charge is 0.240 e. The van der Waals surface area contributed by atoms with Crippen molar-refractivity contribution in [3.8, 4) is 0 Å². The van der Waals surface area contributed by atoms with E-state index in [1.807, 2.05) is 13.8 Å². The minimum Gasteiger partial charge on any atom is -0.352 e. The van der Waals surface area contributed by atoms with Gasteiger partial charge in [-0.25, -0.2) is 4.98 Å². The van der Waals surface area contributed by atoms with E-state index in [9.17, 15) is 9.59 Å². The Labute approximate surface area is 88.5 Å². The molecule has 1 rings (SSSR count). The van der Waals surface area contributed by atoms with Gasteiger partial charge in [0, 0.05) is 12.2 Å². The van der Waals surface area contributed by atoms with E-state index in [1.165, 1.54) is 6.33 Å². The van der Waals surface area contributed by atoms with Crippen molar-refractivity contribution >= 4 is 12.2 Å². The molecule has 0 spiro atoms. The predicted octanol–water partition coefficient (Wildman–Crippen LogP) is 0.610. The Morgan fingerprint density at radius 3 is 3.00 bits per heavy atom. The molecule has 5 nitrogen and oxygen atoms in total. The van der Waals surface area contributed by atoms with Crippen molar-refractivity contribution in [2.75, 3.05) is 0 Å². The van der Waals surface area contributed by atoms with Gasteiger partial charge in [0.15, 0.2) is 6.29 Å². The topological polar surface area (TPSA) is 64.0 Å². The molecular formula is C10H15N3O2. The quantitative estimate of drug-likeness (QED) is 0.723. The fourth-order valence-corrected chi connectivity index (χ4v) is 1.11. The van der Waals surface area contributed by atoms with Gasteiger partial charge in [-0.1, -0.05) is 6.92 Å². The Bertz CT molecular complexity index is 346. The van der Waals surface area contributed by atoms with Crippen molar-refractivity contribution in [1.29, 1.82) is 0 Å². The highest BCUT2D eigenvalue weighted by Gasteiger charge is 2.06. The van der Waals surface area contributed by atoms with Gasteiger partial charge in [-0.15, -0.1) is 0 Å². The third-order valence-electron chi connectivity index (χ3n) is 2.12. The van der Waals surface area contributed by atoms with Crippen LogP contribution in [-0.4, -0.2) is 27.8 Å². The van der Waals surface area contributed by atoms with Crippen LogP contribution in [0.25, 0.3) is 0 Å². The first-order valence-corrected chi connectivity index (χ1v) is 4.92. The molecule has 0 bridgehead atoms. The number of imidazole rings is 1. The van der Waals surface area contributed by atoms with Gasteiger partial charge in [0.2, 0.25) is 5.91 Å². The molecule has 0 aromatic carbocycles. The van der Waals surface area contributed by atoms with Crippen LogP contribution in [-0.2, 0) is 11.3 Å². The summed E-state index contributed by atoms with van der Waals surface area (Å²) in [6, 6.07) is 0.173. The number of amides is 1. The third kappa shape index (κ3) is 3.53. The second-order valence-electron chi connectivity index (χ2n) is 3.47. The molecule has 0 fully saturated rings. The number of nitrogens with one attached hydrogen (secondary N) is 1. The van der Waals surface area contributed by atoms with Crippen LogP contribution in [0.3, 0.4) is 0 Å². The van der Waals surface area contributed by atoms with E-state index in [4.69, 9.17) is 0 Å². The second kappa shape index (κ2) is 5.29. The molecule has 1 N–H and O–H groups in total. The number of nitrogens with zero attached hydrogens (tertiary/aromatic N) is 2. The third-order valence-corrected chi connectivity index (χ3v) is 2.12. The molecule has 1 aromatic rings. The highest BCUT2D eigenvalue weighted by molar-refractivity contribution is 5.76. The van der Waals surface area contributed by atoms with Gasteiger partial charge in [-0.3, -0.25) is 9.59 Å². The van der Waals surface area contributed by atoms with Gasteiger partial charge < -0.3 is 9.88 Å². The number of carbonyl (C=O) groups is 2. The maximum atomic E-state index is 11.4. The summed E-state index contributed by atoms with van der Waals surface area (Å²) in [7, 11) is 0. The fourth-order valence-electron chi connectivity index (χ4n) is 1.11. The molecule has 0 radical (unpaired) electrons. The maximum absolute atomic E-state index is 11.4. The second-order valence-corrected chi connectivity index (χ2v) is 3.47. The SMILES string of the molecule is CCC(C)NC(=O)Cn1cnc(C=O)c1. The van der Waals surface area contributed by atoms with Crippen molar-refractivity contribution < 1.29 is 9.59 Å². The molecule has 1 unspecified atom stereocenters. The summed E-state index contributed by atoms with van der Waals surface area (Å²) >= 11 is 0. The fraction of sp³-hybridized carbons (Fsp3) is 0.500. The van der Waals surface area contributed by atoms with E-state index in [0.717, 1.165) is 6.42 Å². The highest BCUT2D eigenvalue weighted by atomic mass is 16.2. The van der Waals surface area contributed by atoms with Crippen LogP contribution in [0.4, 0.5) is 0 Å². The van der Waals surface area contributed by atoms with Gasteiger partial charge >= 0.3 is 0 Å². The summed E-state index contributed by atoms with van der Waals surface area (Å²) in [6.45, 7) is 4.15. The van der Waals surface area contributed by atoms with E-state index in [-0.39, 0.29) is 18.5 Å². The molecule has 82 valence electrons. The lowest BCUT2D eigenvalue weighted by Crippen LogP contribution is -2.34. The minimum atomic E-state index is -0.0702. The zero-order valence-corrected chi connectivity index (χ0v) is 8.93. The normalized spacial score (nSPS) is 12.1. The van der Waals surface area contributed by atoms with E-state index >= 15 is 0 Å². The lowest BCUT2D eigenvalue weighted by Gasteiger charge is -2.11. The molecule has 0 saturated carbocycles. The first-order valence-electron chi connectivity index (χ1n) is 4.92. The molecule has 1 aromatic heterocycles. The highest BCUT2D eigenvalue weighted by Crippen LogP contribution is 1.94. The Morgan fingerprint density at radius 2 is 2.47 bits per heavy atom. The number of hydrogen-bond donors (Lipinski definition) is 1. The zero-order chi connectivity index (χ0) is 11.3. The summed E-state index contributed by atoms with van der Waals surface area (Å²) in [5, 5.41) is 2.83. The molecule has 0 aliphatic rings. The number of aromatic nitrogens is 2. The van der Waals surface area contributed by atoms with Gasteiger partial charge in [0.25, 0.3) is 0 Å². The van der Waals surface area contributed by atoms with Crippen molar-refractivity contribution in [2.24, 2.45) is 0 Å². The summed E-state index contributed by atoms with van der Waals surface area (Å²) in [5.41, 5.74) is 0.339. The monoisotopic (exact) mass is 209 g/mol. The Kier molecular flexibility index (Phi) is 4.03. The van der Waals surface area contributed by atoms with Crippen molar-refractivity contribution in [1.82, 2.24) is 14.9 Å². The molecule has 1 atom stereocenters. The van der Waals surface area contributed by atoms with Gasteiger partial charge in [0.1, 0.15) is 12.2 Å². The largest absolute Gasteiger partial charge is 0.352 e. The summed E-state index contributed by atoms with van der Waals surface area (Å²) < 4.78 is 1.58. The van der Waals surface area contributed by atoms with Crippen molar-refractivity contribution in [3.05, 3.63) is 18.2 Å². The van der Waals surface area contributed by atoms with Crippen LogP contribution in [0.1, 0.15) is 30.8 Å². The van der Waals surface area contributed by atoms with E-state index in [2.05, 4.69) is 10.3 Å². The molecule has 1 heterocycles. The number of hydrogen-bond acceptors (Lipinski definition) is 3. The van der Waals surface area contributed by atoms with Crippen molar-refractivity contribution in [3.63, 3.8) is 0 Å². The molecular weight excluding hydrogens is 194 g/mol. The number of aldehydes is 1. The maximum Gasteiger partial charge on any atom is 0.240 e. The molecule has 0 aliphatic heterocycles. The number of carbonyl (C=O) groups excluding carboxylic acids is 2. The Hall–Kier alpha value is -1.65. The molecule has 0 saturated heterocycles. The summed E-state index contributed by atoms with van der Waals surface area (Å²) in [6.07, 6.45) is 4.57. The Balaban J connectivity index is 2.47. The van der Waals surface area contributed by atoms with Gasteiger partial charge in [-0.2, -0.15) is 0 Å². The van der Waals surface area contributed by atoms with Crippen LogP contribution in [0.15, 0.2) is 12.5 Å². The molecule has 0 aliphatic carbocycles. The lowest BCUT2D eigenvalue weighted by molar-refractivity contribution is -0.122. The molecule has 1 amide bonds. The van der Waals surface area contributed by atoms with E-state index in [0.29, 0.717) is 12.0 Å². The Morgan fingerprint density at radius 1 is 1.73 bits per heavy atom. The first kappa shape index (κ1) is 11.4. The molecule has 15 heavy (non-hydrogen) atoms. The van der Waals surface area contributed by atoms with Crippen LogP contribution in [0, 0.1) is 0 Å². The zero-order valence-electron chi connectivity index (χ0n) is 8.93. The standard InChI is InChI=1S/C10H15N3O2/c1-3-8(2)12-10(15)5-13-4-9(6-14)11-7-13/h4,6-8H,3,5H2,1-2H3,(H,12,15). The predicted molar refractivity (Wildman–Crippen MR) is 55.5 cm³/mol. The number of rotatable bonds is 5. The average molecular weight is 209 g/mol. The summed E-state index contributed by atoms with van der Waals surface area (Å²) in [4.78, 5) is 25.6. The van der Waals surface area contributed by atoms with E-state index in [1.54, 1.807) is 10.8 Å². The lowest BCUT2D eigenvalue weighted by atomic mass is 10.2. The minimum absolute atomic E-state index is 0.0702. The van der Waals surface area contributed by atoms with Crippen LogP contribution < -0.4 is 5.32 Å². The molecule has 5 heteroatoms. The summed E-state index contributed by atoms with van der Waals surface area (Å²) in [5.74, 6) is -0.0702. The van der Waals surface area contributed by atoms with Crippen LogP contribution in [0.2, 0.25) is 0 Å². The first-order chi connectivity index (χ1) is 7.15. The van der Waals surface area contributed by atoms with Gasteiger partial charge in [0.05, 0.1) is 6.33 Å². The van der Waals surface area contributed by atoms with E-state index < -0.39 is 0 Å². The van der Waals surface area contributed by atoms with Crippen molar-refractivity contribution in [2.45, 2.75) is 32.9 Å². The van der Waals surface area contributed by atoms with Crippen LogP contribution >= 0.6 is 0 Å². The van der Waals surface area contributed by atoms with Crippen LogP contribution in [0.5, 0.6) is 0 Å².